The van der Waals surface area contributed by atoms with Crippen LogP contribution in [0.1, 0.15) is 18.9 Å². The van der Waals surface area contributed by atoms with Crippen molar-refractivity contribution in [3.63, 3.8) is 0 Å². The van der Waals surface area contributed by atoms with E-state index in [1.807, 2.05) is 36.4 Å². The van der Waals surface area contributed by atoms with Gasteiger partial charge < -0.3 is 4.74 Å². The number of Topliss-reactive ketones (excluding diaryl/α,β-unsaturated/α-hetero) is 1. The zero-order valence-corrected chi connectivity index (χ0v) is 13.6. The summed E-state index contributed by atoms with van der Waals surface area (Å²) < 4.78 is 5.77. The van der Waals surface area contributed by atoms with Crippen molar-refractivity contribution >= 4 is 17.4 Å². The first-order valence-corrected chi connectivity index (χ1v) is 7.92. The lowest BCUT2D eigenvalue weighted by Crippen LogP contribution is -2.04. The van der Waals surface area contributed by atoms with Gasteiger partial charge in [0, 0.05) is 22.4 Å². The van der Waals surface area contributed by atoms with Crippen LogP contribution in [0, 0.1) is 18.8 Å². The van der Waals surface area contributed by atoms with Crippen molar-refractivity contribution in [3.05, 3.63) is 53.1 Å². The Labute approximate surface area is 136 Å². The van der Waals surface area contributed by atoms with Crippen molar-refractivity contribution in [1.82, 2.24) is 0 Å². The maximum atomic E-state index is 11.2. The first kappa shape index (κ1) is 15.1. The van der Waals surface area contributed by atoms with Crippen molar-refractivity contribution in [2.75, 3.05) is 6.61 Å². The van der Waals surface area contributed by atoms with Crippen LogP contribution in [0.15, 0.2) is 42.5 Å². The predicted molar refractivity (Wildman–Crippen MR) is 89.4 cm³/mol. The number of rotatable bonds is 5. The highest BCUT2D eigenvalue weighted by molar-refractivity contribution is 6.33. The van der Waals surface area contributed by atoms with Gasteiger partial charge in [0.05, 0.1) is 6.61 Å². The molecule has 3 heteroatoms. The first-order chi connectivity index (χ1) is 10.5. The van der Waals surface area contributed by atoms with E-state index in [4.69, 9.17) is 16.3 Å². The van der Waals surface area contributed by atoms with Crippen LogP contribution in [0.5, 0.6) is 5.75 Å². The van der Waals surface area contributed by atoms with Crippen LogP contribution in [0.25, 0.3) is 11.1 Å². The summed E-state index contributed by atoms with van der Waals surface area (Å²) in [6.45, 7) is 4.33. The summed E-state index contributed by atoms with van der Waals surface area (Å²) >= 11 is 6.26. The molecule has 2 aromatic carbocycles. The van der Waals surface area contributed by atoms with Gasteiger partial charge >= 0.3 is 0 Å². The van der Waals surface area contributed by atoms with Gasteiger partial charge in [-0.15, -0.1) is 0 Å². The van der Waals surface area contributed by atoms with Crippen molar-refractivity contribution in [2.24, 2.45) is 11.8 Å². The smallest absolute Gasteiger partial charge is 0.133 e. The summed E-state index contributed by atoms with van der Waals surface area (Å²) in [5.41, 5.74) is 3.30. The highest BCUT2D eigenvalue weighted by Gasteiger charge is 2.41. The average molecular weight is 315 g/mol. The number of hydrogen-bond acceptors (Lipinski definition) is 2. The molecule has 0 radical (unpaired) electrons. The molecule has 1 fully saturated rings. The molecule has 2 atom stereocenters. The molecule has 1 aliphatic carbocycles. The second-order valence-electron chi connectivity index (χ2n) is 6.03. The van der Waals surface area contributed by atoms with Crippen LogP contribution in [-0.4, -0.2) is 12.4 Å². The highest BCUT2D eigenvalue weighted by Crippen LogP contribution is 2.39. The van der Waals surface area contributed by atoms with E-state index in [2.05, 4.69) is 13.0 Å². The largest absolute Gasteiger partial charge is 0.493 e. The van der Waals surface area contributed by atoms with Crippen LogP contribution < -0.4 is 4.74 Å². The minimum absolute atomic E-state index is 0.213. The zero-order valence-electron chi connectivity index (χ0n) is 12.8. The molecule has 0 aromatic heterocycles. The lowest BCUT2D eigenvalue weighted by molar-refractivity contribution is -0.118. The van der Waals surface area contributed by atoms with E-state index in [9.17, 15) is 4.79 Å². The molecule has 0 aliphatic heterocycles. The molecule has 2 aromatic rings. The summed E-state index contributed by atoms with van der Waals surface area (Å²) in [4.78, 5) is 11.2. The lowest BCUT2D eigenvalue weighted by atomic mass is 10.0. The fourth-order valence-corrected chi connectivity index (χ4v) is 2.95. The standard InChI is InChI=1S/C19H19ClO2/c1-12-3-8-19(20)18(9-12)14-4-6-16(7-5-14)22-11-15-10-17(15)13(2)21/h3-9,15,17H,10-11H2,1-2H3. The van der Waals surface area contributed by atoms with E-state index < -0.39 is 0 Å². The Morgan fingerprint density at radius 3 is 2.59 bits per heavy atom. The number of hydrogen-bond donors (Lipinski definition) is 0. The number of halogens is 1. The molecule has 0 heterocycles. The molecule has 0 saturated heterocycles. The van der Waals surface area contributed by atoms with E-state index in [1.165, 1.54) is 5.56 Å². The van der Waals surface area contributed by atoms with Gasteiger partial charge in [-0.1, -0.05) is 35.4 Å². The van der Waals surface area contributed by atoms with Crippen LogP contribution in [0.4, 0.5) is 0 Å². The fraction of sp³-hybridized carbons (Fsp3) is 0.316. The molecule has 0 N–H and O–H groups in total. The molecule has 114 valence electrons. The number of carbonyl (C=O) groups excluding carboxylic acids is 1. The summed E-state index contributed by atoms with van der Waals surface area (Å²) in [6, 6.07) is 14.0. The van der Waals surface area contributed by atoms with Crippen molar-refractivity contribution in [1.29, 1.82) is 0 Å². The Balaban J connectivity index is 1.65. The monoisotopic (exact) mass is 314 g/mol. The van der Waals surface area contributed by atoms with E-state index >= 15 is 0 Å². The van der Waals surface area contributed by atoms with E-state index in [0.717, 1.165) is 28.3 Å². The Morgan fingerprint density at radius 2 is 1.95 bits per heavy atom. The van der Waals surface area contributed by atoms with Gasteiger partial charge in [0.1, 0.15) is 11.5 Å². The normalized spacial score (nSPS) is 19.8. The quantitative estimate of drug-likeness (QED) is 0.783. The van der Waals surface area contributed by atoms with E-state index in [-0.39, 0.29) is 11.7 Å². The fourth-order valence-electron chi connectivity index (χ4n) is 2.72. The molecular formula is C19H19ClO2. The average Bonchev–Trinajstić information content (AvgIpc) is 3.28. The van der Waals surface area contributed by atoms with Crippen LogP contribution >= 0.6 is 11.6 Å². The topological polar surface area (TPSA) is 26.3 Å². The second-order valence-corrected chi connectivity index (χ2v) is 6.44. The number of ether oxygens (including phenoxy) is 1. The van der Waals surface area contributed by atoms with Gasteiger partial charge in [-0.2, -0.15) is 0 Å². The molecule has 0 bridgehead atoms. The highest BCUT2D eigenvalue weighted by atomic mass is 35.5. The summed E-state index contributed by atoms with van der Waals surface area (Å²) in [5.74, 6) is 1.72. The lowest BCUT2D eigenvalue weighted by Gasteiger charge is -2.09. The van der Waals surface area contributed by atoms with Crippen molar-refractivity contribution in [3.8, 4) is 16.9 Å². The Bertz CT molecular complexity index is 691. The molecule has 2 nitrogen and oxygen atoms in total. The summed E-state index contributed by atoms with van der Waals surface area (Å²) in [7, 11) is 0. The van der Waals surface area contributed by atoms with Crippen LogP contribution in [0.2, 0.25) is 5.02 Å². The van der Waals surface area contributed by atoms with Gasteiger partial charge in [-0.25, -0.2) is 0 Å². The van der Waals surface area contributed by atoms with Crippen molar-refractivity contribution < 1.29 is 9.53 Å². The molecule has 0 amide bonds. The van der Waals surface area contributed by atoms with Gasteiger partial charge in [-0.05, 0) is 50.1 Å². The SMILES string of the molecule is CC(=O)C1CC1COc1ccc(-c2cc(C)ccc2Cl)cc1. The second kappa shape index (κ2) is 6.13. The minimum atomic E-state index is 0.213. The predicted octanol–water partition coefficient (Wildman–Crippen LogP) is 4.92. The molecule has 1 aliphatic rings. The van der Waals surface area contributed by atoms with E-state index in [0.29, 0.717) is 12.5 Å². The van der Waals surface area contributed by atoms with Gasteiger partial charge in [0.2, 0.25) is 0 Å². The van der Waals surface area contributed by atoms with Gasteiger partial charge in [0.15, 0.2) is 0 Å². The zero-order chi connectivity index (χ0) is 15.7. The molecule has 3 rings (SSSR count). The van der Waals surface area contributed by atoms with E-state index in [1.54, 1.807) is 6.92 Å². The summed E-state index contributed by atoms with van der Waals surface area (Å²) in [6.07, 6.45) is 0.965. The third-order valence-electron chi connectivity index (χ3n) is 4.20. The summed E-state index contributed by atoms with van der Waals surface area (Å²) in [5, 5.41) is 0.751. The molecule has 1 saturated carbocycles. The number of aryl methyl sites for hydroxylation is 1. The third kappa shape index (κ3) is 3.33. The Kier molecular flexibility index (Phi) is 4.21. The molecule has 22 heavy (non-hydrogen) atoms. The minimum Gasteiger partial charge on any atom is -0.493 e. The number of benzene rings is 2. The first-order valence-electron chi connectivity index (χ1n) is 7.54. The third-order valence-corrected chi connectivity index (χ3v) is 4.53. The maximum Gasteiger partial charge on any atom is 0.133 e. The molecular weight excluding hydrogens is 296 g/mol. The molecule has 2 unspecified atom stereocenters. The maximum absolute atomic E-state index is 11.2. The van der Waals surface area contributed by atoms with Gasteiger partial charge in [0.25, 0.3) is 0 Å². The van der Waals surface area contributed by atoms with Crippen molar-refractivity contribution in [2.45, 2.75) is 20.3 Å². The Morgan fingerprint density at radius 1 is 1.23 bits per heavy atom. The van der Waals surface area contributed by atoms with Gasteiger partial charge in [-0.3, -0.25) is 4.79 Å². The molecule has 0 spiro atoms. The van der Waals surface area contributed by atoms with Crippen LogP contribution in [0.3, 0.4) is 0 Å². The number of ketones is 1. The number of carbonyl (C=O) groups is 1. The van der Waals surface area contributed by atoms with Crippen LogP contribution in [-0.2, 0) is 4.79 Å². The Hall–Kier alpha value is -1.80.